The number of hydrogen-bond donors (Lipinski definition) is 2. The molecule has 0 aliphatic carbocycles. The van der Waals surface area contributed by atoms with Crippen molar-refractivity contribution in [3.63, 3.8) is 0 Å². The van der Waals surface area contributed by atoms with E-state index < -0.39 is 0 Å². The van der Waals surface area contributed by atoms with E-state index in [1.807, 2.05) is 0 Å². The van der Waals surface area contributed by atoms with Crippen LogP contribution in [0.3, 0.4) is 0 Å². The van der Waals surface area contributed by atoms with Crippen LogP contribution in [0.1, 0.15) is 5.69 Å². The van der Waals surface area contributed by atoms with Gasteiger partial charge in [-0.1, -0.05) is 22.0 Å². The molecule has 4 heteroatoms. The number of nitrogens with zero attached hydrogens (tertiary/aromatic N) is 1. The summed E-state index contributed by atoms with van der Waals surface area (Å²) in [5, 5.41) is 4.65. The lowest BCUT2D eigenvalue weighted by Gasteiger charge is -2.26. The zero-order valence-electron chi connectivity index (χ0n) is 9.67. The summed E-state index contributed by atoms with van der Waals surface area (Å²) in [6.45, 7) is 5.49. The quantitative estimate of drug-likeness (QED) is 0.890. The summed E-state index contributed by atoms with van der Waals surface area (Å²) in [6, 6.07) is 8.53. The molecule has 2 aromatic rings. The van der Waals surface area contributed by atoms with Crippen molar-refractivity contribution in [1.82, 2.24) is 15.2 Å². The van der Waals surface area contributed by atoms with Crippen molar-refractivity contribution < 1.29 is 0 Å². The molecule has 1 saturated heterocycles. The van der Waals surface area contributed by atoms with Gasteiger partial charge < -0.3 is 10.3 Å². The Morgan fingerprint density at radius 2 is 2.06 bits per heavy atom. The zero-order valence-corrected chi connectivity index (χ0v) is 11.3. The SMILES string of the molecule is Brc1cccc2[nH]c(CN3CCNCC3)cc12. The Balaban J connectivity index is 1.83. The zero-order chi connectivity index (χ0) is 11.7. The van der Waals surface area contributed by atoms with Crippen molar-refractivity contribution in [1.29, 1.82) is 0 Å². The van der Waals surface area contributed by atoms with Crippen molar-refractivity contribution >= 4 is 26.8 Å². The highest BCUT2D eigenvalue weighted by Crippen LogP contribution is 2.24. The smallest absolute Gasteiger partial charge is 0.0467 e. The Kier molecular flexibility index (Phi) is 3.18. The van der Waals surface area contributed by atoms with Gasteiger partial charge in [-0.3, -0.25) is 4.90 Å². The number of aromatic amines is 1. The summed E-state index contributed by atoms with van der Waals surface area (Å²) in [5.74, 6) is 0. The number of fused-ring (bicyclic) bond motifs is 1. The fourth-order valence-corrected chi connectivity index (χ4v) is 2.85. The number of rotatable bonds is 2. The molecule has 17 heavy (non-hydrogen) atoms. The monoisotopic (exact) mass is 293 g/mol. The second-order valence-corrected chi connectivity index (χ2v) is 5.38. The molecule has 3 rings (SSSR count). The van der Waals surface area contributed by atoms with Crippen LogP contribution >= 0.6 is 15.9 Å². The fraction of sp³-hybridized carbons (Fsp3) is 0.385. The molecule has 1 aliphatic heterocycles. The van der Waals surface area contributed by atoms with E-state index in [0.717, 1.165) is 37.2 Å². The molecule has 90 valence electrons. The molecular weight excluding hydrogens is 278 g/mol. The highest BCUT2D eigenvalue weighted by molar-refractivity contribution is 9.10. The third-order valence-corrected chi connectivity index (χ3v) is 3.96. The van der Waals surface area contributed by atoms with E-state index in [1.165, 1.54) is 16.6 Å². The number of hydrogen-bond acceptors (Lipinski definition) is 2. The second kappa shape index (κ2) is 4.80. The molecule has 1 aliphatic rings. The standard InChI is InChI=1S/C13H16BrN3/c14-12-2-1-3-13-11(12)8-10(16-13)9-17-6-4-15-5-7-17/h1-3,8,15-16H,4-7,9H2. The van der Waals surface area contributed by atoms with Crippen LogP contribution < -0.4 is 5.32 Å². The van der Waals surface area contributed by atoms with Crippen molar-refractivity contribution in [3.8, 4) is 0 Å². The molecule has 0 bridgehead atoms. The summed E-state index contributed by atoms with van der Waals surface area (Å²) in [7, 11) is 0. The van der Waals surface area contributed by atoms with Gasteiger partial charge >= 0.3 is 0 Å². The first-order valence-corrected chi connectivity index (χ1v) is 6.81. The van der Waals surface area contributed by atoms with Gasteiger partial charge in [0.05, 0.1) is 0 Å². The normalized spacial score (nSPS) is 17.7. The van der Waals surface area contributed by atoms with Crippen LogP contribution in [-0.2, 0) is 6.54 Å². The maximum Gasteiger partial charge on any atom is 0.0467 e. The fourth-order valence-electron chi connectivity index (χ4n) is 2.37. The first-order valence-electron chi connectivity index (χ1n) is 6.02. The van der Waals surface area contributed by atoms with E-state index in [4.69, 9.17) is 0 Å². The van der Waals surface area contributed by atoms with Gasteiger partial charge in [0.25, 0.3) is 0 Å². The first kappa shape index (κ1) is 11.3. The van der Waals surface area contributed by atoms with E-state index in [-0.39, 0.29) is 0 Å². The number of piperazine rings is 1. The number of aromatic nitrogens is 1. The van der Waals surface area contributed by atoms with Gasteiger partial charge in [0, 0.05) is 53.8 Å². The molecule has 0 atom stereocenters. The lowest BCUT2D eigenvalue weighted by atomic mass is 10.2. The van der Waals surface area contributed by atoms with Crippen molar-refractivity contribution in [2.24, 2.45) is 0 Å². The Bertz CT molecular complexity index is 514. The molecule has 0 amide bonds. The molecule has 0 saturated carbocycles. The maximum atomic E-state index is 3.59. The molecule has 3 nitrogen and oxygen atoms in total. The molecule has 0 spiro atoms. The summed E-state index contributed by atoms with van der Waals surface area (Å²) in [4.78, 5) is 5.97. The predicted molar refractivity (Wildman–Crippen MR) is 74.1 cm³/mol. The van der Waals surface area contributed by atoms with Gasteiger partial charge in [-0.2, -0.15) is 0 Å². The van der Waals surface area contributed by atoms with E-state index >= 15 is 0 Å². The van der Waals surface area contributed by atoms with Crippen LogP contribution in [0, 0.1) is 0 Å². The highest BCUT2D eigenvalue weighted by atomic mass is 79.9. The summed E-state index contributed by atoms with van der Waals surface area (Å²) >= 11 is 3.59. The second-order valence-electron chi connectivity index (χ2n) is 4.52. The Hall–Kier alpha value is -0.840. The lowest BCUT2D eigenvalue weighted by molar-refractivity contribution is 0.231. The molecule has 1 aromatic heterocycles. The summed E-state index contributed by atoms with van der Waals surface area (Å²) in [6.07, 6.45) is 0. The van der Waals surface area contributed by atoms with E-state index in [1.54, 1.807) is 0 Å². The minimum absolute atomic E-state index is 1.02. The number of nitrogens with one attached hydrogen (secondary N) is 2. The third kappa shape index (κ3) is 2.39. The van der Waals surface area contributed by atoms with Crippen LogP contribution in [0.15, 0.2) is 28.7 Å². The van der Waals surface area contributed by atoms with E-state index in [9.17, 15) is 0 Å². The molecule has 0 unspecified atom stereocenters. The van der Waals surface area contributed by atoms with Crippen LogP contribution in [0.2, 0.25) is 0 Å². The third-order valence-electron chi connectivity index (χ3n) is 3.27. The number of halogens is 1. The average molecular weight is 294 g/mol. The van der Waals surface area contributed by atoms with Crippen LogP contribution in [0.5, 0.6) is 0 Å². The maximum absolute atomic E-state index is 3.59. The minimum atomic E-state index is 1.02. The van der Waals surface area contributed by atoms with Crippen molar-refractivity contribution in [3.05, 3.63) is 34.4 Å². The van der Waals surface area contributed by atoms with Crippen LogP contribution in [0.25, 0.3) is 10.9 Å². The van der Waals surface area contributed by atoms with Gasteiger partial charge in [-0.25, -0.2) is 0 Å². The van der Waals surface area contributed by atoms with Crippen molar-refractivity contribution in [2.75, 3.05) is 26.2 Å². The first-order chi connectivity index (χ1) is 8.33. The largest absolute Gasteiger partial charge is 0.357 e. The Morgan fingerprint density at radius 3 is 2.82 bits per heavy atom. The van der Waals surface area contributed by atoms with Gasteiger partial charge in [-0.15, -0.1) is 0 Å². The molecule has 1 fully saturated rings. The molecule has 2 N–H and O–H groups in total. The predicted octanol–water partition coefficient (Wildman–Crippen LogP) is 2.34. The minimum Gasteiger partial charge on any atom is -0.357 e. The molecule has 2 heterocycles. The van der Waals surface area contributed by atoms with Gasteiger partial charge in [0.15, 0.2) is 0 Å². The van der Waals surface area contributed by atoms with Gasteiger partial charge in [0.1, 0.15) is 0 Å². The van der Waals surface area contributed by atoms with Crippen LogP contribution in [0.4, 0.5) is 0 Å². The van der Waals surface area contributed by atoms with Crippen LogP contribution in [-0.4, -0.2) is 36.1 Å². The molecular formula is C13H16BrN3. The molecule has 1 aromatic carbocycles. The van der Waals surface area contributed by atoms with E-state index in [2.05, 4.69) is 55.4 Å². The van der Waals surface area contributed by atoms with E-state index in [0.29, 0.717) is 0 Å². The average Bonchev–Trinajstić information content (AvgIpc) is 2.74. The Morgan fingerprint density at radius 1 is 1.24 bits per heavy atom. The Labute approximate surface area is 109 Å². The number of H-pyrrole nitrogens is 1. The highest BCUT2D eigenvalue weighted by Gasteiger charge is 2.11. The van der Waals surface area contributed by atoms with Crippen molar-refractivity contribution in [2.45, 2.75) is 6.54 Å². The lowest BCUT2D eigenvalue weighted by Crippen LogP contribution is -2.42. The summed E-state index contributed by atoms with van der Waals surface area (Å²) < 4.78 is 1.16. The van der Waals surface area contributed by atoms with Gasteiger partial charge in [0.2, 0.25) is 0 Å². The summed E-state index contributed by atoms with van der Waals surface area (Å²) in [5.41, 5.74) is 2.51. The molecule has 0 radical (unpaired) electrons. The van der Waals surface area contributed by atoms with Gasteiger partial charge in [-0.05, 0) is 18.2 Å². The topological polar surface area (TPSA) is 31.1 Å². The number of benzene rings is 1.